The van der Waals surface area contributed by atoms with Crippen molar-refractivity contribution in [1.82, 2.24) is 14.7 Å². The fourth-order valence-electron chi connectivity index (χ4n) is 2.93. The highest BCUT2D eigenvalue weighted by atomic mass is 16.5. The number of aromatic nitrogens is 2. The van der Waals surface area contributed by atoms with E-state index >= 15 is 0 Å². The molecule has 0 bridgehead atoms. The SMILES string of the molecule is O=C(OCCN1C(=O)c2ccccc2C1=O)c1ccc(-n2cccn2)cc1. The van der Waals surface area contributed by atoms with E-state index in [4.69, 9.17) is 4.74 Å². The average molecular weight is 361 g/mol. The monoisotopic (exact) mass is 361 g/mol. The molecule has 1 aromatic heterocycles. The fraction of sp³-hybridized carbons (Fsp3) is 0.100. The molecule has 27 heavy (non-hydrogen) atoms. The Balaban J connectivity index is 1.35. The van der Waals surface area contributed by atoms with Gasteiger partial charge in [-0.15, -0.1) is 0 Å². The van der Waals surface area contributed by atoms with E-state index in [1.807, 2.05) is 0 Å². The number of amides is 2. The zero-order valence-electron chi connectivity index (χ0n) is 14.2. The van der Waals surface area contributed by atoms with Crippen molar-refractivity contribution in [1.29, 1.82) is 0 Å². The minimum Gasteiger partial charge on any atom is -0.460 e. The smallest absolute Gasteiger partial charge is 0.338 e. The number of esters is 1. The summed E-state index contributed by atoms with van der Waals surface area (Å²) in [7, 11) is 0. The summed E-state index contributed by atoms with van der Waals surface area (Å²) in [5.41, 5.74) is 1.96. The molecule has 1 aliphatic heterocycles. The number of hydrogen-bond acceptors (Lipinski definition) is 5. The Bertz CT molecular complexity index is 975. The van der Waals surface area contributed by atoms with Crippen LogP contribution in [0.4, 0.5) is 0 Å². The van der Waals surface area contributed by atoms with Crippen molar-refractivity contribution in [3.8, 4) is 5.69 Å². The van der Waals surface area contributed by atoms with Gasteiger partial charge in [0.2, 0.25) is 0 Å². The second kappa shape index (κ2) is 6.87. The van der Waals surface area contributed by atoms with Crippen LogP contribution in [-0.4, -0.2) is 45.6 Å². The van der Waals surface area contributed by atoms with Gasteiger partial charge in [0.1, 0.15) is 6.61 Å². The minimum atomic E-state index is -0.515. The molecule has 0 saturated carbocycles. The quantitative estimate of drug-likeness (QED) is 0.515. The molecule has 2 heterocycles. The summed E-state index contributed by atoms with van der Waals surface area (Å²) in [5.74, 6) is -1.25. The van der Waals surface area contributed by atoms with Crippen LogP contribution in [0.15, 0.2) is 67.0 Å². The fourth-order valence-corrected chi connectivity index (χ4v) is 2.93. The Labute approximate surface area is 154 Å². The molecule has 7 nitrogen and oxygen atoms in total. The van der Waals surface area contributed by atoms with Gasteiger partial charge in [0.15, 0.2) is 0 Å². The Kier molecular flexibility index (Phi) is 4.25. The maximum Gasteiger partial charge on any atom is 0.338 e. The molecule has 0 radical (unpaired) electrons. The number of carbonyl (C=O) groups is 3. The molecular formula is C20H15N3O4. The topological polar surface area (TPSA) is 81.5 Å². The third-order valence-electron chi connectivity index (χ3n) is 4.30. The summed E-state index contributed by atoms with van der Waals surface area (Å²) in [4.78, 5) is 37.8. The van der Waals surface area contributed by atoms with Gasteiger partial charge in [-0.3, -0.25) is 14.5 Å². The first-order chi connectivity index (χ1) is 13.1. The van der Waals surface area contributed by atoms with Crippen molar-refractivity contribution in [2.24, 2.45) is 0 Å². The van der Waals surface area contributed by atoms with Gasteiger partial charge in [0.25, 0.3) is 11.8 Å². The zero-order chi connectivity index (χ0) is 18.8. The first-order valence-corrected chi connectivity index (χ1v) is 8.37. The van der Waals surface area contributed by atoms with E-state index in [2.05, 4.69) is 5.10 Å². The number of fused-ring (bicyclic) bond motifs is 1. The average Bonchev–Trinajstić information content (AvgIpc) is 3.32. The van der Waals surface area contributed by atoms with Crippen LogP contribution in [0.3, 0.4) is 0 Å². The molecular weight excluding hydrogens is 346 g/mol. The van der Waals surface area contributed by atoms with Crippen LogP contribution in [0.5, 0.6) is 0 Å². The summed E-state index contributed by atoms with van der Waals surface area (Å²) >= 11 is 0. The van der Waals surface area contributed by atoms with Gasteiger partial charge in [-0.2, -0.15) is 5.10 Å². The van der Waals surface area contributed by atoms with Gasteiger partial charge in [-0.25, -0.2) is 9.48 Å². The number of hydrogen-bond donors (Lipinski definition) is 0. The summed E-state index contributed by atoms with van der Waals surface area (Å²) < 4.78 is 6.89. The number of rotatable bonds is 5. The third-order valence-corrected chi connectivity index (χ3v) is 4.30. The lowest BCUT2D eigenvalue weighted by atomic mass is 10.1. The Morgan fingerprint density at radius 2 is 1.59 bits per heavy atom. The number of benzene rings is 2. The lowest BCUT2D eigenvalue weighted by molar-refractivity contribution is 0.0420. The van der Waals surface area contributed by atoms with Crippen molar-refractivity contribution in [2.45, 2.75) is 0 Å². The normalized spacial score (nSPS) is 13.0. The number of ether oxygens (including phenoxy) is 1. The summed E-state index contributed by atoms with van der Waals surface area (Å²) in [5, 5.41) is 4.12. The second-order valence-electron chi connectivity index (χ2n) is 5.94. The molecule has 3 aromatic rings. The molecule has 1 aliphatic rings. The van der Waals surface area contributed by atoms with Crippen LogP contribution in [0, 0.1) is 0 Å². The van der Waals surface area contributed by atoms with Crippen LogP contribution in [0.2, 0.25) is 0 Å². The van der Waals surface area contributed by atoms with Crippen molar-refractivity contribution in [2.75, 3.05) is 13.2 Å². The largest absolute Gasteiger partial charge is 0.460 e. The van der Waals surface area contributed by atoms with Crippen LogP contribution >= 0.6 is 0 Å². The van der Waals surface area contributed by atoms with E-state index in [-0.39, 0.29) is 25.0 Å². The molecule has 2 aromatic carbocycles. The Hall–Kier alpha value is -3.74. The Morgan fingerprint density at radius 3 is 2.19 bits per heavy atom. The first-order valence-electron chi connectivity index (χ1n) is 8.37. The van der Waals surface area contributed by atoms with E-state index in [0.29, 0.717) is 16.7 Å². The van der Waals surface area contributed by atoms with E-state index < -0.39 is 5.97 Å². The first kappa shape index (κ1) is 16.7. The van der Waals surface area contributed by atoms with Crippen molar-refractivity contribution in [3.63, 3.8) is 0 Å². The molecule has 0 saturated heterocycles. The molecule has 134 valence electrons. The molecule has 2 amide bonds. The molecule has 0 fully saturated rings. The van der Waals surface area contributed by atoms with Crippen LogP contribution < -0.4 is 0 Å². The summed E-state index contributed by atoms with van der Waals surface area (Å²) in [6.07, 6.45) is 3.47. The minimum absolute atomic E-state index is 0.0173. The maximum atomic E-state index is 12.3. The molecule has 4 rings (SSSR count). The van der Waals surface area contributed by atoms with Crippen LogP contribution in [0.1, 0.15) is 31.1 Å². The lowest BCUT2D eigenvalue weighted by Crippen LogP contribution is -2.33. The number of carbonyl (C=O) groups excluding carboxylic acids is 3. The predicted molar refractivity (Wildman–Crippen MR) is 95.7 cm³/mol. The molecule has 0 aliphatic carbocycles. The summed E-state index contributed by atoms with van der Waals surface area (Å²) in [6.45, 7) is -0.0470. The molecule has 0 atom stereocenters. The Morgan fingerprint density at radius 1 is 0.926 bits per heavy atom. The van der Waals surface area contributed by atoms with Crippen LogP contribution in [-0.2, 0) is 4.74 Å². The van der Waals surface area contributed by atoms with Crippen molar-refractivity contribution in [3.05, 3.63) is 83.7 Å². The van der Waals surface area contributed by atoms with Gasteiger partial charge in [0.05, 0.1) is 28.9 Å². The van der Waals surface area contributed by atoms with Crippen LogP contribution in [0.25, 0.3) is 5.69 Å². The van der Waals surface area contributed by atoms with Gasteiger partial charge in [0, 0.05) is 12.4 Å². The molecule has 0 spiro atoms. The van der Waals surface area contributed by atoms with Gasteiger partial charge >= 0.3 is 5.97 Å². The predicted octanol–water partition coefficient (Wildman–Crippen LogP) is 2.33. The number of nitrogens with zero attached hydrogens (tertiary/aromatic N) is 3. The molecule has 0 unspecified atom stereocenters. The van der Waals surface area contributed by atoms with E-state index in [1.165, 1.54) is 0 Å². The lowest BCUT2D eigenvalue weighted by Gasteiger charge is -2.13. The second-order valence-corrected chi connectivity index (χ2v) is 5.94. The zero-order valence-corrected chi connectivity index (χ0v) is 14.2. The highest BCUT2D eigenvalue weighted by Crippen LogP contribution is 2.22. The number of imide groups is 1. The van der Waals surface area contributed by atoms with Gasteiger partial charge in [-0.1, -0.05) is 12.1 Å². The maximum absolute atomic E-state index is 12.3. The molecule has 7 heteroatoms. The highest BCUT2D eigenvalue weighted by molar-refractivity contribution is 6.21. The van der Waals surface area contributed by atoms with Crippen molar-refractivity contribution >= 4 is 17.8 Å². The van der Waals surface area contributed by atoms with Gasteiger partial charge < -0.3 is 4.74 Å². The standard InChI is InChI=1S/C20H15N3O4/c24-18-16-4-1-2-5-17(16)19(25)22(18)12-13-27-20(26)14-6-8-15(9-7-14)23-11-3-10-21-23/h1-11H,12-13H2. The van der Waals surface area contributed by atoms with Crippen molar-refractivity contribution < 1.29 is 19.1 Å². The van der Waals surface area contributed by atoms with E-state index in [0.717, 1.165) is 10.6 Å². The third kappa shape index (κ3) is 3.10. The highest BCUT2D eigenvalue weighted by Gasteiger charge is 2.34. The van der Waals surface area contributed by atoms with E-state index in [9.17, 15) is 14.4 Å². The van der Waals surface area contributed by atoms with Gasteiger partial charge in [-0.05, 0) is 42.5 Å². The summed E-state index contributed by atoms with van der Waals surface area (Å²) in [6, 6.07) is 15.2. The van der Waals surface area contributed by atoms with E-state index in [1.54, 1.807) is 71.7 Å². The molecule has 0 N–H and O–H groups in total.